The molecule has 0 radical (unpaired) electrons. The minimum Gasteiger partial charge on any atom is -0.393 e. The van der Waals surface area contributed by atoms with Crippen LogP contribution in [0.5, 0.6) is 0 Å². The summed E-state index contributed by atoms with van der Waals surface area (Å²) >= 11 is 0. The zero-order valence-corrected chi connectivity index (χ0v) is 14.9. The third kappa shape index (κ3) is 2.26. The number of ether oxygens (including phenoxy) is 2. The van der Waals surface area contributed by atoms with Crippen LogP contribution in [0.1, 0.15) is 64.7 Å². The van der Waals surface area contributed by atoms with E-state index in [1.807, 2.05) is 0 Å². The molecule has 130 valence electrons. The number of hydrogen-bond acceptors (Lipinski definition) is 3. The Balaban J connectivity index is 1.60. The van der Waals surface area contributed by atoms with E-state index in [-0.39, 0.29) is 17.3 Å². The third-order valence-corrected chi connectivity index (χ3v) is 8.07. The van der Waals surface area contributed by atoms with Gasteiger partial charge in [0.2, 0.25) is 0 Å². The number of rotatable bonds is 2. The molecule has 2 fully saturated rings. The Morgan fingerprint density at radius 1 is 1.00 bits per heavy atom. The Labute approximate surface area is 140 Å². The van der Waals surface area contributed by atoms with Gasteiger partial charge in [-0.05, 0) is 68.1 Å². The van der Waals surface area contributed by atoms with E-state index in [2.05, 4.69) is 6.92 Å². The predicted octanol–water partition coefficient (Wildman–Crippen LogP) is 4.05. The van der Waals surface area contributed by atoms with E-state index in [9.17, 15) is 5.11 Å². The van der Waals surface area contributed by atoms with Crippen molar-refractivity contribution in [3.05, 3.63) is 11.1 Å². The molecule has 0 aromatic heterocycles. The highest BCUT2D eigenvalue weighted by molar-refractivity contribution is 5.28. The SMILES string of the molecule is COC1(OC)CCC2=C(CC[C@@H]3[C@@H]2CC[C@]2(C)C(O)CC[C@@H]32)C1. The zero-order chi connectivity index (χ0) is 16.2. The van der Waals surface area contributed by atoms with Crippen LogP contribution in [0.25, 0.3) is 0 Å². The molecule has 4 rings (SSSR count). The van der Waals surface area contributed by atoms with Gasteiger partial charge in [0, 0.05) is 27.1 Å². The van der Waals surface area contributed by atoms with Crippen molar-refractivity contribution < 1.29 is 14.6 Å². The number of methoxy groups -OCH3 is 2. The van der Waals surface area contributed by atoms with Crippen molar-refractivity contribution >= 4 is 0 Å². The number of aliphatic hydroxyl groups excluding tert-OH is 1. The molecule has 0 heterocycles. The minimum absolute atomic E-state index is 0.0650. The zero-order valence-electron chi connectivity index (χ0n) is 14.9. The molecular formula is C20H32O3. The molecule has 1 unspecified atom stereocenters. The van der Waals surface area contributed by atoms with Gasteiger partial charge in [-0.2, -0.15) is 0 Å². The second kappa shape index (κ2) is 5.57. The first-order valence-corrected chi connectivity index (χ1v) is 9.52. The maximum absolute atomic E-state index is 10.5. The van der Waals surface area contributed by atoms with Gasteiger partial charge in [-0.3, -0.25) is 0 Å². The molecule has 1 N–H and O–H groups in total. The summed E-state index contributed by atoms with van der Waals surface area (Å²) in [4.78, 5) is 0. The van der Waals surface area contributed by atoms with Gasteiger partial charge in [0.1, 0.15) is 0 Å². The van der Waals surface area contributed by atoms with Crippen molar-refractivity contribution in [2.45, 2.75) is 76.6 Å². The molecule has 0 amide bonds. The van der Waals surface area contributed by atoms with E-state index in [0.29, 0.717) is 0 Å². The Hall–Kier alpha value is -0.380. The number of aliphatic hydroxyl groups is 1. The Kier molecular flexibility index (Phi) is 3.90. The van der Waals surface area contributed by atoms with Gasteiger partial charge in [0.25, 0.3) is 0 Å². The molecular weight excluding hydrogens is 288 g/mol. The van der Waals surface area contributed by atoms with Gasteiger partial charge >= 0.3 is 0 Å². The lowest BCUT2D eigenvalue weighted by atomic mass is 9.54. The molecule has 3 heteroatoms. The summed E-state index contributed by atoms with van der Waals surface area (Å²) in [7, 11) is 3.57. The summed E-state index contributed by atoms with van der Waals surface area (Å²) in [6.07, 6.45) is 10.3. The summed E-state index contributed by atoms with van der Waals surface area (Å²) in [5.41, 5.74) is 3.56. The Bertz CT molecular complexity index is 507. The van der Waals surface area contributed by atoms with Crippen LogP contribution < -0.4 is 0 Å². The maximum atomic E-state index is 10.5. The normalized spacial score (nSPS) is 45.4. The first-order chi connectivity index (χ1) is 11.0. The lowest BCUT2D eigenvalue weighted by molar-refractivity contribution is -0.213. The molecule has 0 aromatic carbocycles. The fourth-order valence-electron chi connectivity index (χ4n) is 6.59. The van der Waals surface area contributed by atoms with Crippen LogP contribution in [0.4, 0.5) is 0 Å². The van der Waals surface area contributed by atoms with Gasteiger partial charge < -0.3 is 14.6 Å². The average molecular weight is 320 g/mol. The monoisotopic (exact) mass is 320 g/mol. The van der Waals surface area contributed by atoms with Crippen LogP contribution in [-0.2, 0) is 9.47 Å². The van der Waals surface area contributed by atoms with Crippen molar-refractivity contribution in [1.29, 1.82) is 0 Å². The molecule has 5 atom stereocenters. The van der Waals surface area contributed by atoms with E-state index < -0.39 is 0 Å². The highest BCUT2D eigenvalue weighted by Crippen LogP contribution is 2.61. The van der Waals surface area contributed by atoms with Crippen LogP contribution in [0.3, 0.4) is 0 Å². The van der Waals surface area contributed by atoms with E-state index in [0.717, 1.165) is 43.4 Å². The molecule has 0 aromatic rings. The third-order valence-electron chi connectivity index (χ3n) is 8.07. The second-order valence-electron chi connectivity index (χ2n) is 8.68. The van der Waals surface area contributed by atoms with E-state index in [1.165, 1.54) is 32.1 Å². The molecule has 3 nitrogen and oxygen atoms in total. The van der Waals surface area contributed by atoms with Crippen molar-refractivity contribution in [2.75, 3.05) is 14.2 Å². The first-order valence-electron chi connectivity index (χ1n) is 9.52. The van der Waals surface area contributed by atoms with Crippen LogP contribution in [0.15, 0.2) is 11.1 Å². The fraction of sp³-hybridized carbons (Fsp3) is 0.900. The summed E-state index contributed by atoms with van der Waals surface area (Å²) in [6.45, 7) is 2.36. The quantitative estimate of drug-likeness (QED) is 0.616. The van der Waals surface area contributed by atoms with Crippen LogP contribution in [0.2, 0.25) is 0 Å². The number of fused-ring (bicyclic) bond motifs is 4. The largest absolute Gasteiger partial charge is 0.393 e. The summed E-state index contributed by atoms with van der Waals surface area (Å²) < 4.78 is 11.4. The summed E-state index contributed by atoms with van der Waals surface area (Å²) in [5, 5.41) is 10.5. The van der Waals surface area contributed by atoms with E-state index >= 15 is 0 Å². The maximum Gasteiger partial charge on any atom is 0.171 e. The standard InChI is InChI=1S/C20H32O3/c1-19-10-8-15-14-9-11-20(22-2,23-3)12-13(14)4-5-16(15)17(19)6-7-18(19)21/h15-18,21H,4-12H2,1-3H3/t15-,16-,17+,18?,19+/m1/s1. The first kappa shape index (κ1) is 16.1. The molecule has 0 aliphatic heterocycles. The van der Waals surface area contributed by atoms with Crippen molar-refractivity contribution in [1.82, 2.24) is 0 Å². The Morgan fingerprint density at radius 3 is 2.52 bits per heavy atom. The van der Waals surface area contributed by atoms with Crippen molar-refractivity contribution in [3.8, 4) is 0 Å². The smallest absolute Gasteiger partial charge is 0.171 e. The summed E-state index contributed by atoms with van der Waals surface area (Å²) in [6, 6.07) is 0. The van der Waals surface area contributed by atoms with E-state index in [1.54, 1.807) is 25.4 Å². The highest BCUT2D eigenvalue weighted by atomic mass is 16.7. The number of hydrogen-bond donors (Lipinski definition) is 1. The molecule has 0 spiro atoms. The van der Waals surface area contributed by atoms with Gasteiger partial charge in [0.05, 0.1) is 6.10 Å². The van der Waals surface area contributed by atoms with Crippen molar-refractivity contribution in [2.24, 2.45) is 23.2 Å². The fourth-order valence-corrected chi connectivity index (χ4v) is 6.59. The van der Waals surface area contributed by atoms with Gasteiger partial charge in [-0.1, -0.05) is 18.1 Å². The molecule has 2 saturated carbocycles. The second-order valence-corrected chi connectivity index (χ2v) is 8.68. The van der Waals surface area contributed by atoms with Crippen molar-refractivity contribution in [3.63, 3.8) is 0 Å². The van der Waals surface area contributed by atoms with Crippen LogP contribution in [0, 0.1) is 23.2 Å². The Morgan fingerprint density at radius 2 is 1.78 bits per heavy atom. The topological polar surface area (TPSA) is 38.7 Å². The molecule has 4 aliphatic rings. The average Bonchev–Trinajstić information content (AvgIpc) is 2.89. The summed E-state index contributed by atoms with van der Waals surface area (Å²) in [5.74, 6) is 1.94. The van der Waals surface area contributed by atoms with Gasteiger partial charge in [-0.25, -0.2) is 0 Å². The van der Waals surface area contributed by atoms with Crippen LogP contribution >= 0.6 is 0 Å². The highest BCUT2D eigenvalue weighted by Gasteiger charge is 2.55. The minimum atomic E-state index is -0.377. The molecule has 0 saturated heterocycles. The lowest BCUT2D eigenvalue weighted by Gasteiger charge is -2.52. The molecule has 0 bridgehead atoms. The van der Waals surface area contributed by atoms with Crippen LogP contribution in [-0.4, -0.2) is 31.2 Å². The molecule has 4 aliphatic carbocycles. The van der Waals surface area contributed by atoms with E-state index in [4.69, 9.17) is 9.47 Å². The lowest BCUT2D eigenvalue weighted by Crippen LogP contribution is -2.46. The predicted molar refractivity (Wildman–Crippen MR) is 89.9 cm³/mol. The van der Waals surface area contributed by atoms with Gasteiger partial charge in [0.15, 0.2) is 5.79 Å². The van der Waals surface area contributed by atoms with Gasteiger partial charge in [-0.15, -0.1) is 0 Å². The molecule has 23 heavy (non-hydrogen) atoms. The number of allylic oxidation sites excluding steroid dienone is 1.